The molecule has 0 heterocycles. The second-order valence-corrected chi connectivity index (χ2v) is 4.07. The first kappa shape index (κ1) is 14.2. The Bertz CT molecular complexity index is 386. The van der Waals surface area contributed by atoms with Crippen LogP contribution in [-0.2, 0) is 20.7 Å². The first-order chi connectivity index (χ1) is 8.63. The van der Waals surface area contributed by atoms with Crippen molar-refractivity contribution in [3.8, 4) is 0 Å². The van der Waals surface area contributed by atoms with Crippen molar-refractivity contribution >= 4 is 11.9 Å². The van der Waals surface area contributed by atoms with Gasteiger partial charge in [0.05, 0.1) is 12.5 Å². The molecule has 98 valence electrons. The molecular formula is C14H18O4. The highest BCUT2D eigenvalue weighted by Gasteiger charge is 2.21. The van der Waals surface area contributed by atoms with Crippen molar-refractivity contribution in [1.29, 1.82) is 0 Å². The fourth-order valence-corrected chi connectivity index (χ4v) is 1.76. The topological polar surface area (TPSA) is 63.6 Å². The molecule has 0 fully saturated rings. The number of carbonyl (C=O) groups is 2. The Kier molecular flexibility index (Phi) is 5.91. The van der Waals surface area contributed by atoms with Gasteiger partial charge in [-0.1, -0.05) is 30.3 Å². The van der Waals surface area contributed by atoms with Gasteiger partial charge in [0, 0.05) is 6.42 Å². The van der Waals surface area contributed by atoms with Crippen LogP contribution in [0.25, 0.3) is 0 Å². The minimum absolute atomic E-state index is 0.0175. The maximum absolute atomic E-state index is 11.7. The zero-order chi connectivity index (χ0) is 13.4. The number of aliphatic carboxylic acids is 1. The number of ether oxygens (including phenoxy) is 1. The van der Waals surface area contributed by atoms with Crippen LogP contribution in [0, 0.1) is 5.92 Å². The molecule has 1 aromatic carbocycles. The first-order valence-corrected chi connectivity index (χ1v) is 6.05. The molecule has 1 N–H and O–H groups in total. The smallest absolute Gasteiger partial charge is 0.309 e. The van der Waals surface area contributed by atoms with Crippen molar-refractivity contribution in [2.24, 2.45) is 5.92 Å². The molecule has 18 heavy (non-hydrogen) atoms. The summed E-state index contributed by atoms with van der Waals surface area (Å²) in [4.78, 5) is 22.3. The van der Waals surface area contributed by atoms with E-state index in [4.69, 9.17) is 9.84 Å². The lowest BCUT2D eigenvalue weighted by atomic mass is 9.95. The third-order valence-electron chi connectivity index (χ3n) is 2.65. The van der Waals surface area contributed by atoms with E-state index in [-0.39, 0.29) is 18.3 Å². The minimum Gasteiger partial charge on any atom is -0.481 e. The molecule has 0 saturated carbocycles. The van der Waals surface area contributed by atoms with Crippen molar-refractivity contribution in [1.82, 2.24) is 0 Å². The molecular weight excluding hydrogens is 232 g/mol. The standard InChI is InChI=1S/C14H18O4/c1-2-18-14(17)12(8-9-13(15)16)10-11-6-4-3-5-7-11/h3-7,12H,2,8-10H2,1H3,(H,15,16)/t12-/m0/s1. The second-order valence-electron chi connectivity index (χ2n) is 4.07. The van der Waals surface area contributed by atoms with Crippen molar-refractivity contribution in [3.05, 3.63) is 35.9 Å². The van der Waals surface area contributed by atoms with Gasteiger partial charge in [0.1, 0.15) is 0 Å². The summed E-state index contributed by atoms with van der Waals surface area (Å²) in [5.74, 6) is -1.59. The summed E-state index contributed by atoms with van der Waals surface area (Å²) in [6.07, 6.45) is 0.812. The van der Waals surface area contributed by atoms with Crippen molar-refractivity contribution in [2.75, 3.05) is 6.61 Å². The van der Waals surface area contributed by atoms with Gasteiger partial charge in [-0.15, -0.1) is 0 Å². The maximum Gasteiger partial charge on any atom is 0.309 e. The quantitative estimate of drug-likeness (QED) is 0.754. The Labute approximate surface area is 107 Å². The number of carbonyl (C=O) groups excluding carboxylic acids is 1. The second kappa shape index (κ2) is 7.48. The van der Waals surface area contributed by atoms with Gasteiger partial charge in [0.25, 0.3) is 0 Å². The fraction of sp³-hybridized carbons (Fsp3) is 0.429. The van der Waals surface area contributed by atoms with Crippen LogP contribution in [0.4, 0.5) is 0 Å². The molecule has 0 bridgehead atoms. The summed E-state index contributed by atoms with van der Waals surface area (Å²) in [5.41, 5.74) is 1.01. The minimum atomic E-state index is -0.891. The van der Waals surface area contributed by atoms with Crippen LogP contribution in [0.1, 0.15) is 25.3 Å². The van der Waals surface area contributed by atoms with Crippen molar-refractivity contribution in [2.45, 2.75) is 26.2 Å². The fourth-order valence-electron chi connectivity index (χ4n) is 1.76. The Balaban J connectivity index is 2.64. The molecule has 0 saturated heterocycles. The van der Waals surface area contributed by atoms with Crippen molar-refractivity contribution in [3.63, 3.8) is 0 Å². The predicted molar refractivity (Wildman–Crippen MR) is 67.1 cm³/mol. The highest BCUT2D eigenvalue weighted by atomic mass is 16.5. The van der Waals surface area contributed by atoms with Crippen LogP contribution in [0.15, 0.2) is 30.3 Å². The summed E-state index contributed by atoms with van der Waals surface area (Å²) < 4.78 is 4.98. The highest BCUT2D eigenvalue weighted by Crippen LogP contribution is 2.16. The van der Waals surface area contributed by atoms with Gasteiger partial charge >= 0.3 is 11.9 Å². The van der Waals surface area contributed by atoms with Crippen LogP contribution >= 0.6 is 0 Å². The molecule has 0 aliphatic heterocycles. The maximum atomic E-state index is 11.7. The number of benzene rings is 1. The predicted octanol–water partition coefficient (Wildman–Crippen LogP) is 2.27. The molecule has 0 spiro atoms. The van der Waals surface area contributed by atoms with E-state index in [2.05, 4.69) is 0 Å². The van der Waals surface area contributed by atoms with Crippen LogP contribution < -0.4 is 0 Å². The largest absolute Gasteiger partial charge is 0.481 e. The molecule has 1 atom stereocenters. The van der Waals surface area contributed by atoms with Crippen LogP contribution in [0.3, 0.4) is 0 Å². The molecule has 0 aliphatic rings. The molecule has 0 aliphatic carbocycles. The lowest BCUT2D eigenvalue weighted by Crippen LogP contribution is -2.21. The molecule has 4 nitrogen and oxygen atoms in total. The molecule has 0 amide bonds. The number of carboxylic acid groups (broad SMARTS) is 1. The molecule has 1 aromatic rings. The Hall–Kier alpha value is -1.84. The number of esters is 1. The van der Waals surface area contributed by atoms with Gasteiger partial charge in [-0.05, 0) is 25.3 Å². The van der Waals surface area contributed by atoms with Crippen molar-refractivity contribution < 1.29 is 19.4 Å². The molecule has 4 heteroatoms. The third kappa shape index (κ3) is 4.99. The van der Waals surface area contributed by atoms with E-state index >= 15 is 0 Å². The summed E-state index contributed by atoms with van der Waals surface area (Å²) in [7, 11) is 0. The Morgan fingerprint density at radius 2 is 1.94 bits per heavy atom. The highest BCUT2D eigenvalue weighted by molar-refractivity contribution is 5.74. The molecule has 1 rings (SSSR count). The zero-order valence-electron chi connectivity index (χ0n) is 10.5. The van der Waals surface area contributed by atoms with Crippen LogP contribution in [0.5, 0.6) is 0 Å². The Morgan fingerprint density at radius 3 is 2.50 bits per heavy atom. The van der Waals surface area contributed by atoms with Gasteiger partial charge in [-0.3, -0.25) is 9.59 Å². The normalized spacial score (nSPS) is 11.8. The average Bonchev–Trinajstić information content (AvgIpc) is 2.35. The van der Waals surface area contributed by atoms with E-state index in [1.807, 2.05) is 30.3 Å². The van der Waals surface area contributed by atoms with Gasteiger partial charge < -0.3 is 9.84 Å². The zero-order valence-corrected chi connectivity index (χ0v) is 10.5. The first-order valence-electron chi connectivity index (χ1n) is 6.05. The average molecular weight is 250 g/mol. The SMILES string of the molecule is CCOC(=O)[C@@H](CCC(=O)O)Cc1ccccc1. The number of rotatable bonds is 7. The van der Waals surface area contributed by atoms with Gasteiger partial charge in [-0.25, -0.2) is 0 Å². The summed E-state index contributed by atoms with van der Waals surface area (Å²) in [6, 6.07) is 9.55. The summed E-state index contributed by atoms with van der Waals surface area (Å²) in [5, 5.41) is 8.69. The van der Waals surface area contributed by atoms with E-state index in [0.29, 0.717) is 19.4 Å². The summed E-state index contributed by atoms with van der Waals surface area (Å²) in [6.45, 7) is 2.06. The van der Waals surface area contributed by atoms with Crippen LogP contribution in [0.2, 0.25) is 0 Å². The lowest BCUT2D eigenvalue weighted by molar-refractivity contribution is -0.148. The number of carboxylic acids is 1. The number of hydrogen-bond donors (Lipinski definition) is 1. The Morgan fingerprint density at radius 1 is 1.28 bits per heavy atom. The summed E-state index contributed by atoms with van der Waals surface area (Å²) >= 11 is 0. The number of hydrogen-bond acceptors (Lipinski definition) is 3. The van der Waals surface area contributed by atoms with E-state index in [1.165, 1.54) is 0 Å². The van der Waals surface area contributed by atoms with E-state index in [1.54, 1.807) is 6.92 Å². The molecule has 0 aromatic heterocycles. The third-order valence-corrected chi connectivity index (χ3v) is 2.65. The van der Waals surface area contributed by atoms with Gasteiger partial charge in [0.15, 0.2) is 0 Å². The molecule has 0 radical (unpaired) electrons. The lowest BCUT2D eigenvalue weighted by Gasteiger charge is -2.14. The van der Waals surface area contributed by atoms with Gasteiger partial charge in [-0.2, -0.15) is 0 Å². The van der Waals surface area contributed by atoms with E-state index in [9.17, 15) is 9.59 Å². The van der Waals surface area contributed by atoms with Gasteiger partial charge in [0.2, 0.25) is 0 Å². The van der Waals surface area contributed by atoms with E-state index < -0.39 is 5.97 Å². The monoisotopic (exact) mass is 250 g/mol. The molecule has 0 unspecified atom stereocenters. The van der Waals surface area contributed by atoms with E-state index in [0.717, 1.165) is 5.56 Å². The van der Waals surface area contributed by atoms with Crippen LogP contribution in [-0.4, -0.2) is 23.7 Å².